The molecule has 4 rings (SSSR count). The number of nitrogens with zero attached hydrogens (tertiary/aromatic N) is 4. The van der Waals surface area contributed by atoms with E-state index >= 15 is 0 Å². The largest absolute Gasteiger partial charge is 0.416 e. The van der Waals surface area contributed by atoms with Gasteiger partial charge in [0.15, 0.2) is 0 Å². The molecule has 0 amide bonds. The van der Waals surface area contributed by atoms with Crippen molar-refractivity contribution in [3.63, 3.8) is 0 Å². The van der Waals surface area contributed by atoms with Gasteiger partial charge in [-0.3, -0.25) is 5.01 Å². The molecule has 2 aliphatic heterocycles. The molecule has 2 aliphatic rings. The van der Waals surface area contributed by atoms with Gasteiger partial charge in [0.25, 0.3) is 0 Å². The van der Waals surface area contributed by atoms with Crippen LogP contribution in [0, 0.1) is 0 Å². The first-order valence-corrected chi connectivity index (χ1v) is 9.29. The summed E-state index contributed by atoms with van der Waals surface area (Å²) in [5.41, 5.74) is 6.39. The van der Waals surface area contributed by atoms with Crippen molar-refractivity contribution in [3.8, 4) is 0 Å². The van der Waals surface area contributed by atoms with E-state index in [-0.39, 0.29) is 6.04 Å². The number of alkyl halides is 3. The SMILES string of the molecule is C[C@H]1CN(c2ccc(C(F)(F)F)cc2)C=C2C(c3ccnc(N(C)C)c3)=CNN21. The zero-order valence-electron chi connectivity index (χ0n) is 16.4. The molecule has 2 aromatic rings. The molecular weight excluding hydrogens is 379 g/mol. The lowest BCUT2D eigenvalue weighted by Gasteiger charge is -2.38. The molecule has 29 heavy (non-hydrogen) atoms. The summed E-state index contributed by atoms with van der Waals surface area (Å²) in [7, 11) is 3.88. The quantitative estimate of drug-likeness (QED) is 0.839. The first-order valence-electron chi connectivity index (χ1n) is 9.29. The van der Waals surface area contributed by atoms with Crippen LogP contribution in [0.15, 0.2) is 60.7 Å². The number of rotatable bonds is 3. The maximum atomic E-state index is 12.9. The smallest absolute Gasteiger partial charge is 0.363 e. The van der Waals surface area contributed by atoms with Crippen molar-refractivity contribution in [2.24, 2.45) is 0 Å². The second kappa shape index (κ2) is 7.02. The van der Waals surface area contributed by atoms with Crippen LogP contribution >= 0.6 is 0 Å². The van der Waals surface area contributed by atoms with Crippen LogP contribution in [-0.4, -0.2) is 36.7 Å². The Labute approximate surface area is 167 Å². The van der Waals surface area contributed by atoms with E-state index in [2.05, 4.69) is 22.3 Å². The van der Waals surface area contributed by atoms with Gasteiger partial charge in [0, 0.05) is 50.5 Å². The normalized spacial score (nSPS) is 18.8. The van der Waals surface area contributed by atoms with Crippen molar-refractivity contribution in [1.82, 2.24) is 15.4 Å². The molecular formula is C21H22F3N5. The second-order valence-electron chi connectivity index (χ2n) is 7.41. The predicted molar refractivity (Wildman–Crippen MR) is 108 cm³/mol. The molecule has 3 heterocycles. The van der Waals surface area contributed by atoms with Crippen LogP contribution in [-0.2, 0) is 6.18 Å². The number of fused-ring (bicyclic) bond motifs is 1. The van der Waals surface area contributed by atoms with Crippen molar-refractivity contribution in [2.75, 3.05) is 30.4 Å². The number of hydrazine groups is 1. The Kier molecular flexibility index (Phi) is 4.64. The highest BCUT2D eigenvalue weighted by molar-refractivity contribution is 5.82. The van der Waals surface area contributed by atoms with Crippen LogP contribution in [0.1, 0.15) is 18.1 Å². The molecule has 0 saturated heterocycles. The number of pyridine rings is 1. The molecule has 1 aromatic heterocycles. The van der Waals surface area contributed by atoms with Gasteiger partial charge >= 0.3 is 6.18 Å². The maximum Gasteiger partial charge on any atom is 0.416 e. The second-order valence-corrected chi connectivity index (χ2v) is 7.41. The van der Waals surface area contributed by atoms with Crippen molar-refractivity contribution in [2.45, 2.75) is 19.1 Å². The summed E-state index contributed by atoms with van der Waals surface area (Å²) in [6.07, 6.45) is 1.37. The van der Waals surface area contributed by atoms with E-state index in [0.29, 0.717) is 6.54 Å². The van der Waals surface area contributed by atoms with Gasteiger partial charge in [-0.15, -0.1) is 0 Å². The predicted octanol–water partition coefficient (Wildman–Crippen LogP) is 4.08. The fraction of sp³-hybridized carbons (Fsp3) is 0.286. The Hall–Kier alpha value is -3.16. The summed E-state index contributed by atoms with van der Waals surface area (Å²) >= 11 is 0. The maximum absolute atomic E-state index is 12.9. The zero-order valence-corrected chi connectivity index (χ0v) is 16.4. The monoisotopic (exact) mass is 401 g/mol. The highest BCUT2D eigenvalue weighted by Gasteiger charge is 2.33. The zero-order chi connectivity index (χ0) is 20.8. The van der Waals surface area contributed by atoms with Crippen molar-refractivity contribution >= 4 is 17.1 Å². The van der Waals surface area contributed by atoms with Crippen LogP contribution < -0.4 is 15.2 Å². The Morgan fingerprint density at radius 3 is 2.52 bits per heavy atom. The Balaban J connectivity index is 1.67. The Bertz CT molecular complexity index is 963. The standard InChI is InChI=1S/C21H22F3N5/c1-14-12-28(17-6-4-16(5-7-17)21(22,23)24)13-19-18(11-26-29(14)19)15-8-9-25-20(10-15)27(2)3/h4-11,13-14,26H,12H2,1-3H3/t14-/m0/s1. The molecule has 0 aliphatic carbocycles. The highest BCUT2D eigenvalue weighted by Crippen LogP contribution is 2.36. The Morgan fingerprint density at radius 2 is 1.86 bits per heavy atom. The highest BCUT2D eigenvalue weighted by atomic mass is 19.4. The number of nitrogens with one attached hydrogen (secondary N) is 1. The number of hydrogen-bond acceptors (Lipinski definition) is 5. The lowest BCUT2D eigenvalue weighted by molar-refractivity contribution is -0.137. The van der Waals surface area contributed by atoms with E-state index in [1.807, 2.05) is 48.4 Å². The van der Waals surface area contributed by atoms with Gasteiger partial charge in [-0.1, -0.05) is 0 Å². The topological polar surface area (TPSA) is 34.6 Å². The van der Waals surface area contributed by atoms with Gasteiger partial charge < -0.3 is 15.2 Å². The first-order chi connectivity index (χ1) is 13.7. The number of allylic oxidation sites excluding steroid dienone is 1. The van der Waals surface area contributed by atoms with Gasteiger partial charge in [0.1, 0.15) is 5.82 Å². The number of hydrogen-bond donors (Lipinski definition) is 1. The number of aromatic nitrogens is 1. The van der Waals surface area contributed by atoms with Gasteiger partial charge in [-0.25, -0.2) is 4.98 Å². The van der Waals surface area contributed by atoms with Crippen LogP contribution in [0.25, 0.3) is 5.57 Å². The molecule has 0 spiro atoms. The van der Waals surface area contributed by atoms with Crippen LogP contribution in [0.3, 0.4) is 0 Å². The third kappa shape index (κ3) is 3.62. The van der Waals surface area contributed by atoms with Crippen molar-refractivity contribution < 1.29 is 13.2 Å². The molecule has 1 aromatic carbocycles. The minimum Gasteiger partial charge on any atom is -0.363 e. The molecule has 0 fully saturated rings. The molecule has 0 radical (unpaired) electrons. The first kappa shape index (κ1) is 19.2. The molecule has 0 saturated carbocycles. The molecule has 5 nitrogen and oxygen atoms in total. The lowest BCUT2D eigenvalue weighted by atomic mass is 10.0. The average Bonchev–Trinajstić information content (AvgIpc) is 3.12. The Morgan fingerprint density at radius 1 is 1.14 bits per heavy atom. The van der Waals surface area contributed by atoms with Crippen LogP contribution in [0.5, 0.6) is 0 Å². The molecule has 1 N–H and O–H groups in total. The third-order valence-corrected chi connectivity index (χ3v) is 5.10. The van der Waals surface area contributed by atoms with E-state index in [4.69, 9.17) is 0 Å². The summed E-state index contributed by atoms with van der Waals surface area (Å²) in [4.78, 5) is 8.30. The summed E-state index contributed by atoms with van der Waals surface area (Å²) in [6.45, 7) is 2.73. The third-order valence-electron chi connectivity index (χ3n) is 5.10. The van der Waals surface area contributed by atoms with Crippen molar-refractivity contribution in [1.29, 1.82) is 0 Å². The number of anilines is 2. The lowest BCUT2D eigenvalue weighted by Crippen LogP contribution is -2.47. The van der Waals surface area contributed by atoms with E-state index in [9.17, 15) is 13.2 Å². The van der Waals surface area contributed by atoms with E-state index in [1.165, 1.54) is 12.1 Å². The molecule has 0 unspecified atom stereocenters. The fourth-order valence-corrected chi connectivity index (χ4v) is 3.55. The molecule has 0 bridgehead atoms. The number of halogens is 3. The van der Waals surface area contributed by atoms with E-state index < -0.39 is 11.7 Å². The van der Waals surface area contributed by atoms with Crippen LogP contribution in [0.2, 0.25) is 0 Å². The minimum atomic E-state index is -4.33. The minimum absolute atomic E-state index is 0.126. The van der Waals surface area contributed by atoms with Crippen LogP contribution in [0.4, 0.5) is 24.7 Å². The molecule has 152 valence electrons. The van der Waals surface area contributed by atoms with Gasteiger partial charge in [0.2, 0.25) is 0 Å². The van der Waals surface area contributed by atoms with Crippen molar-refractivity contribution in [3.05, 3.63) is 71.8 Å². The number of benzene rings is 1. The summed E-state index contributed by atoms with van der Waals surface area (Å²) in [5.74, 6) is 0.853. The summed E-state index contributed by atoms with van der Waals surface area (Å²) in [5, 5.41) is 2.08. The van der Waals surface area contributed by atoms with Gasteiger partial charge in [-0.2, -0.15) is 13.2 Å². The molecule has 8 heteroatoms. The average molecular weight is 401 g/mol. The van der Waals surface area contributed by atoms with Gasteiger partial charge in [0.05, 0.1) is 17.3 Å². The fourth-order valence-electron chi connectivity index (χ4n) is 3.55. The van der Waals surface area contributed by atoms with E-state index in [1.54, 1.807) is 6.20 Å². The van der Waals surface area contributed by atoms with Gasteiger partial charge in [-0.05, 0) is 48.9 Å². The summed E-state index contributed by atoms with van der Waals surface area (Å²) < 4.78 is 38.6. The molecule has 1 atom stereocenters. The van der Waals surface area contributed by atoms with E-state index in [0.717, 1.165) is 40.5 Å². The summed E-state index contributed by atoms with van der Waals surface area (Å²) in [6, 6.07) is 9.38.